The molecule has 0 aromatic heterocycles. The van der Waals surface area contributed by atoms with Crippen molar-refractivity contribution in [1.82, 2.24) is 0 Å². The van der Waals surface area contributed by atoms with E-state index < -0.39 is 0 Å². The Balaban J connectivity index is -0.0000000221. The van der Waals surface area contributed by atoms with Gasteiger partial charge in [-0.15, -0.1) is 0 Å². The summed E-state index contributed by atoms with van der Waals surface area (Å²) in [7, 11) is 0. The minimum atomic E-state index is -0.278. The first-order valence-electron chi connectivity index (χ1n) is 6.16. The molecule has 0 aliphatic carbocycles. The molecular weight excluding hydrogens is 576 g/mol. The minimum absolute atomic E-state index is 0. The molecule has 0 unspecified atom stereocenters. The molecule has 0 radical (unpaired) electrons. The summed E-state index contributed by atoms with van der Waals surface area (Å²) in [6, 6.07) is 0. The molecular formula is C12H33I3V+. The molecule has 0 N–H and O–H groups in total. The van der Waals surface area contributed by atoms with Crippen LogP contribution in [0.4, 0.5) is 0 Å². The fraction of sp³-hybridized carbons (Fsp3) is 1.00. The topological polar surface area (TPSA) is 0 Å². The molecule has 0 spiro atoms. The zero-order valence-corrected chi connectivity index (χ0v) is 20.3. The van der Waals surface area contributed by atoms with Crippen LogP contribution in [0.15, 0.2) is 0 Å². The Hall–Kier alpha value is 2.77. The molecule has 106 valence electrons. The van der Waals surface area contributed by atoms with Crippen LogP contribution in [-0.4, -0.2) is 0 Å². The van der Waals surface area contributed by atoms with Gasteiger partial charge in [-0.3, -0.25) is 0 Å². The average molecular weight is 609 g/mol. The van der Waals surface area contributed by atoms with Crippen molar-refractivity contribution in [3.05, 3.63) is 0 Å². The van der Waals surface area contributed by atoms with Gasteiger partial charge in [-0.2, -0.15) is 0 Å². The normalized spacial score (nSPS) is 6.75. The Labute approximate surface area is 145 Å². The monoisotopic (exact) mass is 609 g/mol. The van der Waals surface area contributed by atoms with Crippen LogP contribution in [0.1, 0.15) is 82.5 Å². The fourth-order valence-electron chi connectivity index (χ4n) is 0. The zero-order valence-electron chi connectivity index (χ0n) is 13.4. The Kier molecular flexibility index (Phi) is 102. The van der Waals surface area contributed by atoms with Crippen molar-refractivity contribution >= 4 is 59.9 Å². The van der Waals surface area contributed by atoms with E-state index in [9.17, 15) is 0 Å². The molecule has 0 amide bonds. The standard InChI is InChI=1S/4C3H8.3HI.V/c4*1-3-2;;;;/h4*3H2,1-2H3;3*1H;/q;;;;;;;+3/p-2. The van der Waals surface area contributed by atoms with Gasteiger partial charge in [0.25, 0.3) is 0 Å². The molecule has 0 bridgehead atoms. The number of rotatable bonds is 0. The predicted octanol–water partition coefficient (Wildman–Crippen LogP) is 8.43. The van der Waals surface area contributed by atoms with Crippen LogP contribution in [0.5, 0.6) is 0 Å². The maximum absolute atomic E-state index is 2.46. The third-order valence-electron chi connectivity index (χ3n) is 0. The third kappa shape index (κ3) is 542. The summed E-state index contributed by atoms with van der Waals surface area (Å²) in [5.74, 6) is 0. The molecule has 0 rings (SSSR count). The van der Waals surface area contributed by atoms with Crippen LogP contribution in [-0.2, 0) is 4.92 Å². The first kappa shape index (κ1) is 31.3. The van der Waals surface area contributed by atoms with E-state index in [0.717, 1.165) is 0 Å². The quantitative estimate of drug-likeness (QED) is 0.242. The Morgan fingerprint density at radius 2 is 0.562 bits per heavy atom. The maximum atomic E-state index is 2.46. The predicted molar refractivity (Wildman–Crippen MR) is 107 cm³/mol. The summed E-state index contributed by atoms with van der Waals surface area (Å²) in [5, 5.41) is 0. The summed E-state index contributed by atoms with van der Waals surface area (Å²) >= 11 is 7.39. The molecule has 0 aliphatic rings. The zero-order chi connectivity index (χ0) is 14.4. The Morgan fingerprint density at radius 1 is 0.562 bits per heavy atom. The molecule has 4 heteroatoms. The summed E-state index contributed by atoms with van der Waals surface area (Å²) in [4.78, 5) is -0.278. The van der Waals surface area contributed by atoms with Crippen molar-refractivity contribution < 1.29 is 6.35 Å². The van der Waals surface area contributed by atoms with Crippen molar-refractivity contribution in [1.29, 1.82) is 0 Å². The van der Waals surface area contributed by atoms with Crippen molar-refractivity contribution in [2.24, 2.45) is 0 Å². The number of halogens is 3. The second-order valence-corrected chi connectivity index (χ2v) is 38.4. The first-order valence-corrected chi connectivity index (χ1v) is 19.7. The van der Waals surface area contributed by atoms with Gasteiger partial charge in [0.05, 0.1) is 0 Å². The van der Waals surface area contributed by atoms with Crippen molar-refractivity contribution in [2.45, 2.75) is 81.1 Å². The molecule has 0 nitrogen and oxygen atoms in total. The Bertz CT molecular complexity index is 48.3. The van der Waals surface area contributed by atoms with Crippen molar-refractivity contribution in [3.8, 4) is 0 Å². The van der Waals surface area contributed by atoms with E-state index in [1.165, 1.54) is 25.7 Å². The molecule has 0 aromatic rings. The number of hydrogen-bond donors (Lipinski definition) is 0. The number of hydrogen-bond acceptors (Lipinski definition) is 0. The molecule has 0 aliphatic heterocycles. The van der Waals surface area contributed by atoms with Crippen molar-refractivity contribution in [2.75, 3.05) is 0 Å². The van der Waals surface area contributed by atoms with Gasteiger partial charge in [0.2, 0.25) is 0 Å². The van der Waals surface area contributed by atoms with Gasteiger partial charge < -0.3 is 0 Å². The van der Waals surface area contributed by atoms with Crippen LogP contribution in [0.25, 0.3) is 0 Å². The summed E-state index contributed by atoms with van der Waals surface area (Å²) in [6.45, 7) is 17.0. The van der Waals surface area contributed by atoms with Gasteiger partial charge in [-0.1, -0.05) is 81.1 Å². The van der Waals surface area contributed by atoms with Gasteiger partial charge in [0, 0.05) is 0 Å². The molecule has 0 saturated heterocycles. The van der Waals surface area contributed by atoms with Gasteiger partial charge in [0.15, 0.2) is 0 Å². The molecule has 0 heterocycles. The van der Waals surface area contributed by atoms with Crippen LogP contribution in [0.3, 0.4) is 0 Å². The van der Waals surface area contributed by atoms with E-state index >= 15 is 0 Å². The molecule has 0 aromatic carbocycles. The molecule has 0 fully saturated rings. The van der Waals surface area contributed by atoms with E-state index in [2.05, 4.69) is 115 Å². The SMILES string of the molecule is CCC.CCC.CCC.CCC.[H+].[I][V]([I])[I]. The molecule has 0 saturated carbocycles. The van der Waals surface area contributed by atoms with Gasteiger partial charge >= 0.3 is 66.3 Å². The van der Waals surface area contributed by atoms with Crippen LogP contribution < -0.4 is 0 Å². The summed E-state index contributed by atoms with van der Waals surface area (Å²) < 4.78 is 0. The van der Waals surface area contributed by atoms with E-state index in [4.69, 9.17) is 0 Å². The average Bonchev–Trinajstić information content (AvgIpc) is 2.06. The fourth-order valence-corrected chi connectivity index (χ4v) is 0. The Morgan fingerprint density at radius 3 is 0.562 bits per heavy atom. The van der Waals surface area contributed by atoms with Gasteiger partial charge in [-0.25, -0.2) is 0 Å². The second kappa shape index (κ2) is 52.3. The van der Waals surface area contributed by atoms with E-state index in [-0.39, 0.29) is 6.35 Å². The summed E-state index contributed by atoms with van der Waals surface area (Å²) in [6.07, 6.45) is 5.00. The van der Waals surface area contributed by atoms with E-state index in [1.54, 1.807) is 0 Å². The van der Waals surface area contributed by atoms with Gasteiger partial charge in [-0.05, 0) is 0 Å². The van der Waals surface area contributed by atoms with Gasteiger partial charge in [0.1, 0.15) is 0 Å². The van der Waals surface area contributed by atoms with Crippen LogP contribution in [0, 0.1) is 0 Å². The molecule has 16 heavy (non-hydrogen) atoms. The second-order valence-electron chi connectivity index (χ2n) is 3.02. The third-order valence-corrected chi connectivity index (χ3v) is 0. The van der Waals surface area contributed by atoms with E-state index in [0.29, 0.717) is 0 Å². The summed E-state index contributed by atoms with van der Waals surface area (Å²) in [5.41, 5.74) is 0. The molecule has 0 atom stereocenters. The van der Waals surface area contributed by atoms with Crippen LogP contribution in [0.2, 0.25) is 0 Å². The van der Waals surface area contributed by atoms with Crippen molar-refractivity contribution in [3.63, 3.8) is 0 Å². The van der Waals surface area contributed by atoms with Crippen LogP contribution >= 0.6 is 59.9 Å². The van der Waals surface area contributed by atoms with E-state index in [1.807, 2.05) is 0 Å². The first-order chi connectivity index (χ1) is 7.39.